The first-order valence-corrected chi connectivity index (χ1v) is 9.31. The van der Waals surface area contributed by atoms with E-state index < -0.39 is 30.4 Å². The Kier molecular flexibility index (Phi) is 7.64. The maximum absolute atomic E-state index is 12.1. The van der Waals surface area contributed by atoms with Crippen molar-refractivity contribution in [3.8, 4) is 0 Å². The van der Waals surface area contributed by atoms with Crippen LogP contribution in [-0.4, -0.2) is 47.7 Å². The van der Waals surface area contributed by atoms with Crippen LogP contribution in [0.25, 0.3) is 0 Å². The summed E-state index contributed by atoms with van der Waals surface area (Å²) in [6.45, 7) is 0.617. The summed E-state index contributed by atoms with van der Waals surface area (Å²) in [7, 11) is 1.36. The summed E-state index contributed by atoms with van der Waals surface area (Å²) in [5.41, 5.74) is -0.254. The van der Waals surface area contributed by atoms with Crippen LogP contribution in [0, 0.1) is 10.7 Å². The van der Waals surface area contributed by atoms with Gasteiger partial charge < -0.3 is 19.8 Å². The molecular formula is C13H10I3NO7. The van der Waals surface area contributed by atoms with Crippen LogP contribution in [0.1, 0.15) is 27.6 Å². The van der Waals surface area contributed by atoms with Gasteiger partial charge in [0.25, 0.3) is 5.91 Å². The lowest BCUT2D eigenvalue weighted by atomic mass is 10.1. The van der Waals surface area contributed by atoms with E-state index in [0.29, 0.717) is 0 Å². The minimum absolute atomic E-state index is 0.0750. The molecule has 0 atom stereocenters. The molecule has 1 amide bonds. The number of benzene rings is 1. The van der Waals surface area contributed by atoms with Crippen molar-refractivity contribution in [1.82, 2.24) is 0 Å². The Hall–Kier alpha value is -0.710. The van der Waals surface area contributed by atoms with Gasteiger partial charge in [0.1, 0.15) is 0 Å². The molecule has 11 heteroatoms. The molecule has 0 aliphatic heterocycles. The van der Waals surface area contributed by atoms with Crippen molar-refractivity contribution in [3.05, 3.63) is 21.8 Å². The first-order valence-electron chi connectivity index (χ1n) is 6.07. The number of carboxylic acid groups (broad SMARTS) is 2. The quantitative estimate of drug-likeness (QED) is 0.364. The Morgan fingerprint density at radius 3 is 1.71 bits per heavy atom. The van der Waals surface area contributed by atoms with Crippen LogP contribution in [0.3, 0.4) is 0 Å². The van der Waals surface area contributed by atoms with Crippen LogP contribution in [0.15, 0.2) is 0 Å². The zero-order valence-corrected chi connectivity index (χ0v) is 18.7. The second kappa shape index (κ2) is 8.59. The zero-order valence-electron chi connectivity index (χ0n) is 12.2. The maximum atomic E-state index is 12.1. The highest BCUT2D eigenvalue weighted by atomic mass is 127. The second-order valence-electron chi connectivity index (χ2n) is 4.38. The predicted octanol–water partition coefficient (Wildman–Crippen LogP) is 2.42. The average molecular weight is 673 g/mol. The lowest BCUT2D eigenvalue weighted by Gasteiger charge is -2.23. The van der Waals surface area contributed by atoms with Gasteiger partial charge in [-0.25, -0.2) is 9.59 Å². The molecule has 1 aromatic carbocycles. The molecule has 0 aliphatic rings. The van der Waals surface area contributed by atoms with E-state index in [9.17, 15) is 29.4 Å². The van der Waals surface area contributed by atoms with Crippen LogP contribution in [-0.2, 0) is 14.3 Å². The number of anilines is 1. The number of nitrogens with zero attached hydrogens (tertiary/aromatic N) is 1. The molecule has 8 nitrogen and oxygen atoms in total. The molecular weight excluding hydrogens is 663 g/mol. The molecule has 0 aromatic heterocycles. The molecule has 0 saturated carbocycles. The van der Waals surface area contributed by atoms with E-state index in [0.717, 1.165) is 11.8 Å². The van der Waals surface area contributed by atoms with E-state index in [1.54, 1.807) is 67.8 Å². The molecule has 0 saturated heterocycles. The molecule has 0 unspecified atom stereocenters. The van der Waals surface area contributed by atoms with Gasteiger partial charge in [-0.05, 0) is 67.8 Å². The normalized spacial score (nSPS) is 10.2. The van der Waals surface area contributed by atoms with Gasteiger partial charge in [0, 0.05) is 17.5 Å². The number of carboxylic acids is 2. The topological polar surface area (TPSA) is 121 Å². The van der Waals surface area contributed by atoms with Gasteiger partial charge in [-0.1, -0.05) is 0 Å². The third-order valence-corrected chi connectivity index (χ3v) is 6.01. The summed E-state index contributed by atoms with van der Waals surface area (Å²) < 4.78 is 5.15. The third-order valence-electron chi connectivity index (χ3n) is 2.83. The number of carbonyl (C=O) groups excluding carboxylic acids is 2. The fraction of sp³-hybridized carbons (Fsp3) is 0.231. The standard InChI is InChI=1S/C13H10I3NO7/c1-4(18)24-3-5(19)17(2)11-9(15)6(12(20)21)8(14)7(10(11)16)13(22)23/h3H2,1-2H3,(H,20,21)(H,22,23). The Morgan fingerprint density at radius 2 is 1.38 bits per heavy atom. The van der Waals surface area contributed by atoms with Crippen LogP contribution in [0.5, 0.6) is 0 Å². The van der Waals surface area contributed by atoms with Crippen LogP contribution < -0.4 is 4.90 Å². The van der Waals surface area contributed by atoms with Crippen molar-refractivity contribution in [2.24, 2.45) is 0 Å². The molecule has 0 radical (unpaired) electrons. The summed E-state index contributed by atoms with van der Waals surface area (Å²) >= 11 is 5.17. The van der Waals surface area contributed by atoms with Gasteiger partial charge in [0.15, 0.2) is 6.61 Å². The van der Waals surface area contributed by atoms with Crippen molar-refractivity contribution in [2.75, 3.05) is 18.6 Å². The molecule has 1 aromatic rings. The SMILES string of the molecule is CC(=O)OCC(=O)N(C)c1c(I)c(C(=O)O)c(I)c(C(=O)O)c1I. The van der Waals surface area contributed by atoms with Gasteiger partial charge in [0.05, 0.1) is 24.0 Å². The number of halogens is 3. The highest BCUT2D eigenvalue weighted by molar-refractivity contribution is 14.1. The van der Waals surface area contributed by atoms with Crippen molar-refractivity contribution in [3.63, 3.8) is 0 Å². The first kappa shape index (κ1) is 21.3. The third kappa shape index (κ3) is 4.47. The lowest BCUT2D eigenvalue weighted by molar-refractivity contribution is -0.145. The minimum atomic E-state index is -1.30. The van der Waals surface area contributed by atoms with Crippen LogP contribution in [0.4, 0.5) is 5.69 Å². The molecule has 130 valence electrons. The van der Waals surface area contributed by atoms with Crippen molar-refractivity contribution in [1.29, 1.82) is 0 Å². The largest absolute Gasteiger partial charge is 0.478 e. The Morgan fingerprint density at radius 1 is 0.958 bits per heavy atom. The van der Waals surface area contributed by atoms with Gasteiger partial charge in [-0.15, -0.1) is 0 Å². The fourth-order valence-electron chi connectivity index (χ4n) is 1.71. The average Bonchev–Trinajstić information content (AvgIpc) is 2.43. The highest BCUT2D eigenvalue weighted by Gasteiger charge is 2.30. The predicted molar refractivity (Wildman–Crippen MR) is 109 cm³/mol. The molecule has 1 rings (SSSR count). The van der Waals surface area contributed by atoms with E-state index in [-0.39, 0.29) is 27.5 Å². The van der Waals surface area contributed by atoms with Gasteiger partial charge in [-0.2, -0.15) is 0 Å². The first-order chi connectivity index (χ1) is 11.0. The van der Waals surface area contributed by atoms with E-state index in [2.05, 4.69) is 4.74 Å². The second-order valence-corrected chi connectivity index (χ2v) is 7.62. The minimum Gasteiger partial charge on any atom is -0.478 e. The van der Waals surface area contributed by atoms with E-state index in [1.807, 2.05) is 0 Å². The monoisotopic (exact) mass is 673 g/mol. The molecule has 24 heavy (non-hydrogen) atoms. The smallest absolute Gasteiger partial charge is 0.337 e. The number of rotatable bonds is 5. The summed E-state index contributed by atoms with van der Waals surface area (Å²) in [6.07, 6.45) is 0. The zero-order chi connectivity index (χ0) is 18.8. The fourth-order valence-corrected chi connectivity index (χ4v) is 6.52. The molecule has 0 spiro atoms. The number of hydrogen-bond donors (Lipinski definition) is 2. The lowest BCUT2D eigenvalue weighted by Crippen LogP contribution is -2.33. The molecule has 0 fully saturated rings. The van der Waals surface area contributed by atoms with E-state index >= 15 is 0 Å². The number of hydrogen-bond acceptors (Lipinski definition) is 5. The van der Waals surface area contributed by atoms with Crippen molar-refractivity contribution < 1.29 is 34.1 Å². The number of aromatic carboxylic acids is 2. The Labute approximate surface area is 177 Å². The number of likely N-dealkylation sites (N-methyl/N-ethyl adjacent to an activating group) is 1. The molecule has 0 bridgehead atoms. The number of esters is 1. The molecule has 0 heterocycles. The highest BCUT2D eigenvalue weighted by Crippen LogP contribution is 2.37. The Balaban J connectivity index is 3.57. The molecule has 2 N–H and O–H groups in total. The van der Waals surface area contributed by atoms with Crippen molar-refractivity contribution >= 4 is 97.3 Å². The number of amides is 1. The Bertz CT molecular complexity index is 707. The van der Waals surface area contributed by atoms with E-state index in [4.69, 9.17) is 0 Å². The maximum Gasteiger partial charge on any atom is 0.337 e. The molecule has 0 aliphatic carbocycles. The summed E-state index contributed by atoms with van der Waals surface area (Å²) in [6, 6.07) is 0. The number of carbonyl (C=O) groups is 4. The van der Waals surface area contributed by atoms with Gasteiger partial charge in [-0.3, -0.25) is 9.59 Å². The van der Waals surface area contributed by atoms with Crippen LogP contribution in [0.2, 0.25) is 0 Å². The van der Waals surface area contributed by atoms with Gasteiger partial charge >= 0.3 is 17.9 Å². The number of ether oxygens (including phenoxy) is 1. The summed E-state index contributed by atoms with van der Waals surface area (Å²) in [5, 5.41) is 18.8. The summed E-state index contributed by atoms with van der Waals surface area (Å²) in [5.74, 6) is -3.86. The summed E-state index contributed by atoms with van der Waals surface area (Å²) in [4.78, 5) is 47.1. The van der Waals surface area contributed by atoms with Crippen LogP contribution >= 0.6 is 67.8 Å². The van der Waals surface area contributed by atoms with E-state index in [1.165, 1.54) is 7.05 Å². The van der Waals surface area contributed by atoms with Gasteiger partial charge in [0.2, 0.25) is 0 Å². The van der Waals surface area contributed by atoms with Crippen molar-refractivity contribution in [2.45, 2.75) is 6.92 Å².